The van der Waals surface area contributed by atoms with Gasteiger partial charge in [0.15, 0.2) is 0 Å². The molecule has 0 aliphatic carbocycles. The van der Waals surface area contributed by atoms with Crippen LogP contribution >= 0.6 is 0 Å². The number of aliphatic hydroxyl groups is 1. The number of rotatable bonds is 8. The summed E-state index contributed by atoms with van der Waals surface area (Å²) in [5.74, 6) is 0. The van der Waals surface area contributed by atoms with E-state index in [-0.39, 0.29) is 12.2 Å². The van der Waals surface area contributed by atoms with E-state index in [0.29, 0.717) is 25.2 Å². The summed E-state index contributed by atoms with van der Waals surface area (Å²) in [6.07, 6.45) is 1.25. The van der Waals surface area contributed by atoms with Gasteiger partial charge in [0.05, 0.1) is 35.9 Å². The number of benzene rings is 1. The van der Waals surface area contributed by atoms with E-state index in [1.54, 1.807) is 13.0 Å². The van der Waals surface area contributed by atoms with E-state index < -0.39 is 11.7 Å². The highest BCUT2D eigenvalue weighted by Gasteiger charge is 2.33. The number of alkyl halides is 3. The van der Waals surface area contributed by atoms with Crippen LogP contribution in [0.4, 0.5) is 18.9 Å². The standard InChI is InChI=1S/C25H30F3N3O2/c1-18-19(6-5-7-21(18)25(26,27)28)16-23-22(8-3-2-4-13-32)29-24-10-9-20(17-31(23)24)30-11-14-33-15-12-30/h5-7,9-10,17,32H,2-4,8,11-16H2,1H3. The Labute approximate surface area is 191 Å². The second-order valence-corrected chi connectivity index (χ2v) is 8.52. The van der Waals surface area contributed by atoms with Crippen molar-refractivity contribution < 1.29 is 23.0 Å². The summed E-state index contributed by atoms with van der Waals surface area (Å²) in [4.78, 5) is 7.08. The molecule has 1 saturated heterocycles. The Balaban J connectivity index is 1.73. The first-order valence-corrected chi connectivity index (χ1v) is 11.5. The molecule has 0 radical (unpaired) electrons. The number of unbranched alkanes of at least 4 members (excludes halogenated alkanes) is 2. The number of morpholine rings is 1. The summed E-state index contributed by atoms with van der Waals surface area (Å²) in [7, 11) is 0. The number of hydrogen-bond acceptors (Lipinski definition) is 4. The Kier molecular flexibility index (Phi) is 7.24. The van der Waals surface area contributed by atoms with Gasteiger partial charge in [-0.1, -0.05) is 18.6 Å². The van der Waals surface area contributed by atoms with Gasteiger partial charge in [0.25, 0.3) is 0 Å². The van der Waals surface area contributed by atoms with Crippen LogP contribution in [0.15, 0.2) is 36.5 Å². The van der Waals surface area contributed by atoms with E-state index in [1.165, 1.54) is 6.07 Å². The minimum Gasteiger partial charge on any atom is -0.396 e. The Hall–Kier alpha value is -2.58. The van der Waals surface area contributed by atoms with Gasteiger partial charge in [0.2, 0.25) is 0 Å². The molecule has 1 aromatic carbocycles. The Morgan fingerprint density at radius 3 is 2.58 bits per heavy atom. The minimum absolute atomic E-state index is 0.157. The summed E-state index contributed by atoms with van der Waals surface area (Å²) >= 11 is 0. The lowest BCUT2D eigenvalue weighted by Crippen LogP contribution is -2.36. The van der Waals surface area contributed by atoms with Crippen molar-refractivity contribution in [1.29, 1.82) is 0 Å². The number of nitrogens with zero attached hydrogens (tertiary/aromatic N) is 3. The van der Waals surface area contributed by atoms with Crippen LogP contribution < -0.4 is 4.90 Å². The van der Waals surface area contributed by atoms with Crippen molar-refractivity contribution in [3.63, 3.8) is 0 Å². The molecule has 1 N–H and O–H groups in total. The van der Waals surface area contributed by atoms with Crippen molar-refractivity contribution in [2.24, 2.45) is 0 Å². The predicted octanol–water partition coefficient (Wildman–Crippen LogP) is 4.79. The molecule has 1 aliphatic heterocycles. The first-order valence-electron chi connectivity index (χ1n) is 11.5. The van der Waals surface area contributed by atoms with Crippen LogP contribution in [0.5, 0.6) is 0 Å². The fourth-order valence-electron chi connectivity index (χ4n) is 4.47. The average molecular weight is 462 g/mol. The van der Waals surface area contributed by atoms with Crippen LogP contribution in [0.2, 0.25) is 0 Å². The molecule has 2 aromatic heterocycles. The average Bonchev–Trinajstić information content (AvgIpc) is 3.14. The first-order chi connectivity index (χ1) is 15.9. The van der Waals surface area contributed by atoms with Gasteiger partial charge in [-0.05, 0) is 55.5 Å². The second-order valence-electron chi connectivity index (χ2n) is 8.52. The fraction of sp³-hybridized carbons (Fsp3) is 0.480. The molecule has 0 amide bonds. The van der Waals surface area contributed by atoms with E-state index in [0.717, 1.165) is 67.6 Å². The maximum atomic E-state index is 13.5. The zero-order valence-electron chi connectivity index (χ0n) is 18.9. The van der Waals surface area contributed by atoms with E-state index in [4.69, 9.17) is 14.8 Å². The molecule has 8 heteroatoms. The zero-order chi connectivity index (χ0) is 23.4. The highest BCUT2D eigenvalue weighted by molar-refractivity contribution is 5.55. The third-order valence-corrected chi connectivity index (χ3v) is 6.34. The van der Waals surface area contributed by atoms with Crippen LogP contribution in [-0.2, 0) is 23.8 Å². The van der Waals surface area contributed by atoms with Crippen LogP contribution in [0, 0.1) is 6.92 Å². The Morgan fingerprint density at radius 1 is 1.06 bits per heavy atom. The lowest BCUT2D eigenvalue weighted by Gasteiger charge is -2.28. The zero-order valence-corrected chi connectivity index (χ0v) is 18.9. The monoisotopic (exact) mass is 461 g/mol. The quantitative estimate of drug-likeness (QED) is 0.490. The van der Waals surface area contributed by atoms with Crippen LogP contribution in [-0.4, -0.2) is 47.4 Å². The number of aryl methyl sites for hydroxylation is 1. The van der Waals surface area contributed by atoms with E-state index in [9.17, 15) is 13.2 Å². The van der Waals surface area contributed by atoms with Crippen molar-refractivity contribution in [3.8, 4) is 0 Å². The molecular weight excluding hydrogens is 431 g/mol. The van der Waals surface area contributed by atoms with Crippen LogP contribution in [0.1, 0.15) is 47.3 Å². The largest absolute Gasteiger partial charge is 0.416 e. The van der Waals surface area contributed by atoms with Gasteiger partial charge in [-0.15, -0.1) is 0 Å². The van der Waals surface area contributed by atoms with Gasteiger partial charge >= 0.3 is 6.18 Å². The van der Waals surface area contributed by atoms with E-state index in [2.05, 4.69) is 4.90 Å². The molecule has 5 nitrogen and oxygen atoms in total. The molecule has 0 spiro atoms. The summed E-state index contributed by atoms with van der Waals surface area (Å²) < 4.78 is 47.9. The number of aliphatic hydroxyl groups excluding tert-OH is 1. The fourth-order valence-corrected chi connectivity index (χ4v) is 4.47. The Morgan fingerprint density at radius 2 is 1.85 bits per heavy atom. The molecule has 1 fully saturated rings. The summed E-state index contributed by atoms with van der Waals surface area (Å²) in [6.45, 7) is 4.65. The van der Waals surface area contributed by atoms with Gasteiger partial charge in [-0.3, -0.25) is 0 Å². The molecule has 0 unspecified atom stereocenters. The molecule has 3 aromatic rings. The normalized spacial score (nSPS) is 14.9. The van der Waals surface area contributed by atoms with Crippen molar-refractivity contribution in [2.45, 2.75) is 45.2 Å². The second kappa shape index (κ2) is 10.1. The molecule has 3 heterocycles. The van der Waals surface area contributed by atoms with Gasteiger partial charge in [-0.2, -0.15) is 13.2 Å². The number of hydrogen-bond donors (Lipinski definition) is 1. The SMILES string of the molecule is Cc1c(Cc2c(CCCCCO)nc3ccc(N4CCOCC4)cn23)cccc1C(F)(F)F. The van der Waals surface area contributed by atoms with Crippen molar-refractivity contribution >= 4 is 11.3 Å². The molecule has 33 heavy (non-hydrogen) atoms. The summed E-state index contributed by atoms with van der Waals surface area (Å²) in [5, 5.41) is 9.08. The molecule has 4 rings (SSSR count). The Bertz CT molecular complexity index is 1090. The number of imidazole rings is 1. The lowest BCUT2D eigenvalue weighted by molar-refractivity contribution is -0.138. The highest BCUT2D eigenvalue weighted by Crippen LogP contribution is 2.34. The third-order valence-electron chi connectivity index (χ3n) is 6.34. The topological polar surface area (TPSA) is 50.0 Å². The molecular formula is C25H30F3N3O2. The lowest BCUT2D eigenvalue weighted by atomic mass is 9.97. The molecule has 178 valence electrons. The smallest absolute Gasteiger partial charge is 0.396 e. The maximum Gasteiger partial charge on any atom is 0.416 e. The van der Waals surface area contributed by atoms with Crippen LogP contribution in [0.3, 0.4) is 0 Å². The minimum atomic E-state index is -4.38. The molecule has 1 aliphatic rings. The van der Waals surface area contributed by atoms with E-state index >= 15 is 0 Å². The predicted molar refractivity (Wildman–Crippen MR) is 122 cm³/mol. The third kappa shape index (κ3) is 5.33. The van der Waals surface area contributed by atoms with Gasteiger partial charge in [0.1, 0.15) is 5.65 Å². The van der Waals surface area contributed by atoms with Crippen molar-refractivity contribution in [2.75, 3.05) is 37.8 Å². The number of anilines is 1. The van der Waals surface area contributed by atoms with Crippen LogP contribution in [0.25, 0.3) is 5.65 Å². The number of halogens is 3. The molecule has 0 bridgehead atoms. The molecule has 0 saturated carbocycles. The van der Waals surface area contributed by atoms with Crippen molar-refractivity contribution in [1.82, 2.24) is 9.38 Å². The highest BCUT2D eigenvalue weighted by atomic mass is 19.4. The number of ether oxygens (including phenoxy) is 1. The van der Waals surface area contributed by atoms with Gasteiger partial charge < -0.3 is 19.1 Å². The number of fused-ring (bicyclic) bond motifs is 1. The maximum absolute atomic E-state index is 13.5. The number of pyridine rings is 1. The molecule has 0 atom stereocenters. The van der Waals surface area contributed by atoms with Crippen molar-refractivity contribution in [3.05, 3.63) is 64.6 Å². The van der Waals surface area contributed by atoms with Gasteiger partial charge in [0, 0.05) is 32.3 Å². The summed E-state index contributed by atoms with van der Waals surface area (Å²) in [6, 6.07) is 8.41. The first kappa shape index (κ1) is 23.6. The number of aromatic nitrogens is 2. The van der Waals surface area contributed by atoms with E-state index in [1.807, 2.05) is 22.7 Å². The summed E-state index contributed by atoms with van der Waals surface area (Å²) in [5.41, 5.74) is 4.00. The van der Waals surface area contributed by atoms with Gasteiger partial charge in [-0.25, -0.2) is 4.98 Å².